The van der Waals surface area contributed by atoms with Crippen molar-refractivity contribution in [3.05, 3.63) is 77.2 Å². The largest absolute Gasteiger partial charge is 0.376 e. The molecule has 4 rings (SSSR count). The van der Waals surface area contributed by atoms with Gasteiger partial charge in [0, 0.05) is 32.8 Å². The summed E-state index contributed by atoms with van der Waals surface area (Å²) in [6.45, 7) is 5.63. The number of nitrogens with zero attached hydrogens (tertiary/aromatic N) is 4. The number of ether oxygens (including phenoxy) is 1. The third kappa shape index (κ3) is 4.99. The number of rotatable bonds is 8. The number of aromatic nitrogens is 2. The maximum absolute atomic E-state index is 14.6. The van der Waals surface area contributed by atoms with Crippen molar-refractivity contribution in [2.45, 2.75) is 45.3 Å². The minimum Gasteiger partial charge on any atom is -0.376 e. The summed E-state index contributed by atoms with van der Waals surface area (Å²) in [4.78, 5) is 17.3. The van der Waals surface area contributed by atoms with Crippen molar-refractivity contribution in [3.63, 3.8) is 0 Å². The molecule has 0 spiro atoms. The Morgan fingerprint density at radius 1 is 1.15 bits per heavy atom. The zero-order chi connectivity index (χ0) is 24.2. The summed E-state index contributed by atoms with van der Waals surface area (Å²) in [6.07, 6.45) is 1.81. The monoisotopic (exact) mass is 464 g/mol. The first-order valence-electron chi connectivity index (χ1n) is 11.9. The van der Waals surface area contributed by atoms with E-state index in [4.69, 9.17) is 9.84 Å². The highest BCUT2D eigenvalue weighted by molar-refractivity contribution is 5.94. The SMILES string of the molecule is CC(C)c1nn(-c2ccccc2)c(N(C)C)c1CN(CC1CCCO1)C(=O)c1ccccc1F. The van der Waals surface area contributed by atoms with E-state index in [9.17, 15) is 9.18 Å². The molecule has 1 aliphatic heterocycles. The van der Waals surface area contributed by atoms with Crippen molar-refractivity contribution in [3.8, 4) is 5.69 Å². The van der Waals surface area contributed by atoms with E-state index in [1.165, 1.54) is 6.07 Å². The normalized spacial score (nSPS) is 15.6. The molecule has 1 aromatic heterocycles. The lowest BCUT2D eigenvalue weighted by Crippen LogP contribution is -2.38. The Balaban J connectivity index is 1.79. The van der Waals surface area contributed by atoms with Gasteiger partial charge in [0.25, 0.3) is 5.91 Å². The van der Waals surface area contributed by atoms with Gasteiger partial charge < -0.3 is 14.5 Å². The Kier molecular flexibility index (Phi) is 7.32. The third-order valence-corrected chi connectivity index (χ3v) is 6.15. The van der Waals surface area contributed by atoms with Crippen LogP contribution in [0.4, 0.5) is 10.2 Å². The first kappa shape index (κ1) is 24.0. The van der Waals surface area contributed by atoms with Crippen molar-refractivity contribution in [1.29, 1.82) is 0 Å². The van der Waals surface area contributed by atoms with Crippen LogP contribution in [0.1, 0.15) is 54.2 Å². The van der Waals surface area contributed by atoms with Gasteiger partial charge in [-0.05, 0) is 43.0 Å². The minimum absolute atomic E-state index is 0.0507. The lowest BCUT2D eigenvalue weighted by Gasteiger charge is -2.27. The molecule has 1 amide bonds. The fourth-order valence-corrected chi connectivity index (χ4v) is 4.53. The Bertz CT molecular complexity index is 1120. The van der Waals surface area contributed by atoms with Crippen LogP contribution in [-0.2, 0) is 11.3 Å². The van der Waals surface area contributed by atoms with E-state index in [0.717, 1.165) is 35.6 Å². The molecule has 0 radical (unpaired) electrons. The number of carbonyl (C=O) groups excluding carboxylic acids is 1. The average Bonchev–Trinajstić information content (AvgIpc) is 3.47. The van der Waals surface area contributed by atoms with Gasteiger partial charge >= 0.3 is 0 Å². The van der Waals surface area contributed by atoms with Gasteiger partial charge in [0.2, 0.25) is 0 Å². The topological polar surface area (TPSA) is 50.6 Å². The molecule has 3 aromatic rings. The van der Waals surface area contributed by atoms with Gasteiger partial charge in [-0.3, -0.25) is 4.79 Å². The zero-order valence-electron chi connectivity index (χ0n) is 20.4. The van der Waals surface area contributed by atoms with Gasteiger partial charge in [-0.25, -0.2) is 9.07 Å². The fraction of sp³-hybridized carbons (Fsp3) is 0.407. The summed E-state index contributed by atoms with van der Waals surface area (Å²) in [5.41, 5.74) is 2.91. The van der Waals surface area contributed by atoms with Crippen LogP contribution in [0.15, 0.2) is 54.6 Å². The molecule has 7 heteroatoms. The average molecular weight is 465 g/mol. The van der Waals surface area contributed by atoms with Crippen LogP contribution in [0, 0.1) is 5.82 Å². The number of para-hydroxylation sites is 1. The molecular weight excluding hydrogens is 431 g/mol. The molecule has 1 fully saturated rings. The summed E-state index contributed by atoms with van der Waals surface area (Å²) < 4.78 is 22.4. The molecule has 2 heterocycles. The Hall–Kier alpha value is -3.19. The molecule has 34 heavy (non-hydrogen) atoms. The second-order valence-corrected chi connectivity index (χ2v) is 9.28. The first-order valence-corrected chi connectivity index (χ1v) is 11.9. The van der Waals surface area contributed by atoms with E-state index in [1.807, 2.05) is 54.0 Å². The highest BCUT2D eigenvalue weighted by Crippen LogP contribution is 2.32. The van der Waals surface area contributed by atoms with Crippen LogP contribution in [0.3, 0.4) is 0 Å². The van der Waals surface area contributed by atoms with Crippen molar-refractivity contribution in [1.82, 2.24) is 14.7 Å². The number of hydrogen-bond donors (Lipinski definition) is 0. The molecule has 2 aromatic carbocycles. The quantitative estimate of drug-likeness (QED) is 0.470. The van der Waals surface area contributed by atoms with Crippen molar-refractivity contribution < 1.29 is 13.9 Å². The third-order valence-electron chi connectivity index (χ3n) is 6.15. The molecule has 1 saturated heterocycles. The van der Waals surface area contributed by atoms with E-state index in [2.05, 4.69) is 13.8 Å². The molecule has 0 N–H and O–H groups in total. The molecule has 0 bridgehead atoms. The summed E-state index contributed by atoms with van der Waals surface area (Å²) >= 11 is 0. The number of amides is 1. The lowest BCUT2D eigenvalue weighted by molar-refractivity contribution is 0.0503. The molecule has 1 unspecified atom stereocenters. The summed E-state index contributed by atoms with van der Waals surface area (Å²) in [6, 6.07) is 16.1. The van der Waals surface area contributed by atoms with Crippen LogP contribution >= 0.6 is 0 Å². The van der Waals surface area contributed by atoms with Gasteiger partial charge in [-0.2, -0.15) is 5.10 Å². The van der Waals surface area contributed by atoms with Gasteiger partial charge in [0.05, 0.1) is 29.6 Å². The summed E-state index contributed by atoms with van der Waals surface area (Å²) in [5.74, 6) is 0.211. The van der Waals surface area contributed by atoms with E-state index >= 15 is 0 Å². The van der Waals surface area contributed by atoms with E-state index in [1.54, 1.807) is 23.1 Å². The van der Waals surface area contributed by atoms with Crippen molar-refractivity contribution in [2.24, 2.45) is 0 Å². The number of anilines is 1. The highest BCUT2D eigenvalue weighted by Gasteiger charge is 2.30. The van der Waals surface area contributed by atoms with Gasteiger partial charge in [-0.1, -0.05) is 44.2 Å². The molecular formula is C27H33FN4O2. The molecule has 0 aliphatic carbocycles. The predicted molar refractivity (Wildman–Crippen MR) is 132 cm³/mol. The molecule has 1 atom stereocenters. The maximum atomic E-state index is 14.6. The van der Waals surface area contributed by atoms with Crippen LogP contribution in [-0.4, -0.2) is 53.9 Å². The predicted octanol–water partition coefficient (Wildman–Crippen LogP) is 5.02. The zero-order valence-corrected chi connectivity index (χ0v) is 20.4. The lowest BCUT2D eigenvalue weighted by atomic mass is 10.0. The minimum atomic E-state index is -0.512. The highest BCUT2D eigenvalue weighted by atomic mass is 19.1. The smallest absolute Gasteiger partial charge is 0.257 e. The van der Waals surface area contributed by atoms with Crippen LogP contribution in [0.5, 0.6) is 0 Å². The number of halogens is 1. The van der Waals surface area contributed by atoms with Crippen molar-refractivity contribution >= 4 is 11.7 Å². The second kappa shape index (κ2) is 10.4. The molecule has 0 saturated carbocycles. The number of benzene rings is 2. The summed E-state index contributed by atoms with van der Waals surface area (Å²) in [7, 11) is 3.96. The Labute approximate surface area is 200 Å². The van der Waals surface area contributed by atoms with Crippen molar-refractivity contribution in [2.75, 3.05) is 32.1 Å². The van der Waals surface area contributed by atoms with Crippen LogP contribution < -0.4 is 4.90 Å². The number of carbonyl (C=O) groups is 1. The first-order chi connectivity index (χ1) is 16.4. The summed E-state index contributed by atoms with van der Waals surface area (Å²) in [5, 5.41) is 4.97. The maximum Gasteiger partial charge on any atom is 0.257 e. The van der Waals surface area contributed by atoms with Crippen LogP contribution in [0.25, 0.3) is 5.69 Å². The van der Waals surface area contributed by atoms with Gasteiger partial charge in [0.1, 0.15) is 11.6 Å². The van der Waals surface area contributed by atoms with E-state index < -0.39 is 5.82 Å². The molecule has 6 nitrogen and oxygen atoms in total. The van der Waals surface area contributed by atoms with E-state index in [0.29, 0.717) is 19.7 Å². The standard InChI is InChI=1S/C27H33FN4O2/c1-19(2)25-23(26(30(3)4)32(29-25)20-11-6-5-7-12-20)18-31(17-21-13-10-16-34-21)27(33)22-14-8-9-15-24(22)28/h5-9,11-12,14-15,19,21H,10,13,16-18H2,1-4H3. The number of hydrogen-bond acceptors (Lipinski definition) is 4. The Morgan fingerprint density at radius 2 is 1.85 bits per heavy atom. The van der Waals surface area contributed by atoms with E-state index in [-0.39, 0.29) is 23.5 Å². The second-order valence-electron chi connectivity index (χ2n) is 9.28. The molecule has 180 valence electrons. The van der Waals surface area contributed by atoms with Gasteiger partial charge in [-0.15, -0.1) is 0 Å². The fourth-order valence-electron chi connectivity index (χ4n) is 4.53. The van der Waals surface area contributed by atoms with Gasteiger partial charge in [0.15, 0.2) is 0 Å². The molecule has 1 aliphatic rings. The van der Waals surface area contributed by atoms with Crippen LogP contribution in [0.2, 0.25) is 0 Å². The Morgan fingerprint density at radius 3 is 2.47 bits per heavy atom.